The van der Waals surface area contributed by atoms with Crippen LogP contribution in [0.5, 0.6) is 5.75 Å². The number of benzene rings is 3. The summed E-state index contributed by atoms with van der Waals surface area (Å²) in [6.45, 7) is 2.05. The molecule has 0 saturated heterocycles. The Balaban J connectivity index is 1.71. The van der Waals surface area contributed by atoms with E-state index in [0.29, 0.717) is 32.5 Å². The van der Waals surface area contributed by atoms with Crippen LogP contribution in [0.2, 0.25) is 10.0 Å². The number of hydrogen-bond donors (Lipinski definition) is 0. The van der Waals surface area contributed by atoms with Crippen LogP contribution in [0, 0.1) is 12.7 Å². The summed E-state index contributed by atoms with van der Waals surface area (Å²) >= 11 is 12.0. The number of rotatable bonds is 4. The van der Waals surface area contributed by atoms with Crippen molar-refractivity contribution in [3.05, 3.63) is 98.1 Å². The van der Waals surface area contributed by atoms with Crippen molar-refractivity contribution in [1.29, 1.82) is 0 Å². The molecule has 1 heterocycles. The van der Waals surface area contributed by atoms with E-state index >= 15 is 0 Å². The Kier molecular flexibility index (Phi) is 5.31. The first-order chi connectivity index (χ1) is 13.9. The smallest absolute Gasteiger partial charge is 0.344 e. The monoisotopic (exact) mass is 428 g/mol. The second-order valence-corrected chi connectivity index (χ2v) is 7.42. The largest absolute Gasteiger partial charge is 0.489 e. The van der Waals surface area contributed by atoms with Crippen molar-refractivity contribution in [3.8, 4) is 16.9 Å². The Hall–Kier alpha value is -2.82. The predicted octanol–water partition coefficient (Wildman–Crippen LogP) is 6.79. The summed E-state index contributed by atoms with van der Waals surface area (Å²) in [5.41, 5.74) is 2.72. The molecule has 146 valence electrons. The minimum atomic E-state index is -0.413. The molecule has 0 saturated carbocycles. The van der Waals surface area contributed by atoms with Crippen LogP contribution in [0.3, 0.4) is 0 Å². The normalized spacial score (nSPS) is 11.0. The van der Waals surface area contributed by atoms with E-state index < -0.39 is 11.4 Å². The summed E-state index contributed by atoms with van der Waals surface area (Å²) in [5, 5.41) is 1.65. The average Bonchev–Trinajstić information content (AvgIpc) is 2.69. The summed E-state index contributed by atoms with van der Waals surface area (Å²) in [7, 11) is 0. The molecule has 0 unspecified atom stereocenters. The number of hydrogen-bond acceptors (Lipinski definition) is 3. The lowest BCUT2D eigenvalue weighted by molar-refractivity contribution is 0.306. The summed E-state index contributed by atoms with van der Waals surface area (Å²) in [6, 6.07) is 16.4. The van der Waals surface area contributed by atoms with E-state index in [-0.39, 0.29) is 6.61 Å². The minimum Gasteiger partial charge on any atom is -0.489 e. The van der Waals surface area contributed by atoms with Gasteiger partial charge in [-0.2, -0.15) is 0 Å². The molecule has 0 aliphatic carbocycles. The third-order valence-corrected chi connectivity index (χ3v) is 5.28. The third-order valence-electron chi connectivity index (χ3n) is 4.68. The van der Waals surface area contributed by atoms with Gasteiger partial charge in [-0.3, -0.25) is 0 Å². The topological polar surface area (TPSA) is 39.4 Å². The zero-order valence-corrected chi connectivity index (χ0v) is 16.9. The molecule has 0 aliphatic rings. The van der Waals surface area contributed by atoms with Crippen LogP contribution in [-0.2, 0) is 6.61 Å². The van der Waals surface area contributed by atoms with Crippen LogP contribution in [0.25, 0.3) is 22.1 Å². The van der Waals surface area contributed by atoms with Gasteiger partial charge in [0, 0.05) is 16.0 Å². The molecule has 0 spiro atoms. The third kappa shape index (κ3) is 4.00. The van der Waals surface area contributed by atoms with Gasteiger partial charge in [0.05, 0.1) is 10.6 Å². The van der Waals surface area contributed by atoms with E-state index in [9.17, 15) is 9.18 Å². The van der Waals surface area contributed by atoms with Crippen LogP contribution >= 0.6 is 23.2 Å². The Morgan fingerprint density at radius 1 is 1.00 bits per heavy atom. The molecule has 6 heteroatoms. The van der Waals surface area contributed by atoms with Crippen LogP contribution in [-0.4, -0.2) is 0 Å². The summed E-state index contributed by atoms with van der Waals surface area (Å²) < 4.78 is 24.5. The fourth-order valence-electron chi connectivity index (χ4n) is 3.17. The van der Waals surface area contributed by atoms with Gasteiger partial charge in [0.2, 0.25) is 0 Å². The van der Waals surface area contributed by atoms with Gasteiger partial charge in [-0.15, -0.1) is 0 Å². The van der Waals surface area contributed by atoms with Crippen molar-refractivity contribution in [1.82, 2.24) is 0 Å². The highest BCUT2D eigenvalue weighted by Gasteiger charge is 2.14. The average molecular weight is 429 g/mol. The first-order valence-corrected chi connectivity index (χ1v) is 9.58. The molecule has 0 N–H and O–H groups in total. The molecular weight excluding hydrogens is 414 g/mol. The Morgan fingerprint density at radius 2 is 1.76 bits per heavy atom. The van der Waals surface area contributed by atoms with E-state index in [1.807, 2.05) is 13.0 Å². The molecule has 4 rings (SSSR count). The highest BCUT2D eigenvalue weighted by molar-refractivity contribution is 6.31. The van der Waals surface area contributed by atoms with E-state index in [1.165, 1.54) is 12.1 Å². The van der Waals surface area contributed by atoms with Crippen LogP contribution < -0.4 is 10.4 Å². The summed E-state index contributed by atoms with van der Waals surface area (Å²) in [6.07, 6.45) is 0. The molecule has 0 aliphatic heterocycles. The summed E-state index contributed by atoms with van der Waals surface area (Å²) in [5.74, 6) is 0.182. The molecular formula is C23H15Cl2FO3. The van der Waals surface area contributed by atoms with Gasteiger partial charge in [0.1, 0.15) is 23.8 Å². The predicted molar refractivity (Wildman–Crippen MR) is 113 cm³/mol. The van der Waals surface area contributed by atoms with Crippen molar-refractivity contribution < 1.29 is 13.5 Å². The molecule has 0 amide bonds. The lowest BCUT2D eigenvalue weighted by Gasteiger charge is -2.11. The number of fused-ring (bicyclic) bond motifs is 1. The number of ether oxygens (including phenoxy) is 1. The second-order valence-electron chi connectivity index (χ2n) is 6.58. The Labute approximate surface area is 176 Å². The lowest BCUT2D eigenvalue weighted by atomic mass is 9.99. The Morgan fingerprint density at radius 3 is 2.48 bits per heavy atom. The molecule has 0 bridgehead atoms. The fraction of sp³-hybridized carbons (Fsp3) is 0.0870. The van der Waals surface area contributed by atoms with Gasteiger partial charge < -0.3 is 9.15 Å². The molecule has 1 aromatic heterocycles. The number of halogens is 3. The molecule has 0 atom stereocenters. The molecule has 0 radical (unpaired) electrons. The van der Waals surface area contributed by atoms with Crippen molar-refractivity contribution in [3.63, 3.8) is 0 Å². The molecule has 0 fully saturated rings. The highest BCUT2D eigenvalue weighted by Crippen LogP contribution is 2.30. The van der Waals surface area contributed by atoms with Crippen LogP contribution in [0.4, 0.5) is 4.39 Å². The van der Waals surface area contributed by atoms with Gasteiger partial charge in [-0.25, -0.2) is 9.18 Å². The van der Waals surface area contributed by atoms with E-state index in [2.05, 4.69) is 0 Å². The van der Waals surface area contributed by atoms with Gasteiger partial charge in [0.25, 0.3) is 0 Å². The summed E-state index contributed by atoms with van der Waals surface area (Å²) in [4.78, 5) is 12.5. The maximum Gasteiger partial charge on any atom is 0.344 e. The van der Waals surface area contributed by atoms with Crippen LogP contribution in [0.15, 0.2) is 69.9 Å². The van der Waals surface area contributed by atoms with Gasteiger partial charge in [-0.1, -0.05) is 41.4 Å². The standard InChI is InChI=1S/C23H15Cl2FO3/c1-13-19-11-18(28-12-15-4-7-17(26)10-20(15)25)8-9-21(19)29-23(27)22(13)14-2-5-16(24)6-3-14/h2-11H,12H2,1H3. The maximum atomic E-state index is 13.2. The SMILES string of the molecule is Cc1c(-c2ccc(Cl)cc2)c(=O)oc2ccc(OCc3ccc(F)cc3Cl)cc12. The first kappa shape index (κ1) is 19.5. The van der Waals surface area contributed by atoms with Crippen molar-refractivity contribution in [2.24, 2.45) is 0 Å². The Bertz CT molecular complexity index is 1260. The van der Waals surface area contributed by atoms with E-state index in [4.69, 9.17) is 32.4 Å². The van der Waals surface area contributed by atoms with Gasteiger partial charge >= 0.3 is 5.63 Å². The highest BCUT2D eigenvalue weighted by atomic mass is 35.5. The van der Waals surface area contributed by atoms with Crippen LogP contribution in [0.1, 0.15) is 11.1 Å². The lowest BCUT2D eigenvalue weighted by Crippen LogP contribution is -2.06. The van der Waals surface area contributed by atoms with Gasteiger partial charge in [-0.05, 0) is 60.5 Å². The quantitative estimate of drug-likeness (QED) is 0.335. The van der Waals surface area contributed by atoms with Crippen molar-refractivity contribution >= 4 is 34.2 Å². The zero-order chi connectivity index (χ0) is 20.5. The number of aryl methyl sites for hydroxylation is 1. The molecule has 3 nitrogen and oxygen atoms in total. The molecule has 4 aromatic rings. The maximum absolute atomic E-state index is 13.2. The van der Waals surface area contributed by atoms with Crippen molar-refractivity contribution in [2.45, 2.75) is 13.5 Å². The zero-order valence-electron chi connectivity index (χ0n) is 15.3. The molecule has 3 aromatic carbocycles. The van der Waals surface area contributed by atoms with E-state index in [0.717, 1.165) is 16.5 Å². The first-order valence-electron chi connectivity index (χ1n) is 8.82. The minimum absolute atomic E-state index is 0.185. The van der Waals surface area contributed by atoms with E-state index in [1.54, 1.807) is 42.5 Å². The fourth-order valence-corrected chi connectivity index (χ4v) is 3.52. The molecule has 29 heavy (non-hydrogen) atoms. The second kappa shape index (κ2) is 7.90. The van der Waals surface area contributed by atoms with Gasteiger partial charge in [0.15, 0.2) is 0 Å². The van der Waals surface area contributed by atoms with Crippen molar-refractivity contribution in [2.75, 3.05) is 0 Å².